The number of hydrogen-bond donors (Lipinski definition) is 7. The molecule has 3 aromatic carbocycles. The number of aromatic hydroxyl groups is 2. The summed E-state index contributed by atoms with van der Waals surface area (Å²) >= 11 is 0. The molecule has 3 aromatic rings. The molecule has 0 aliphatic carbocycles. The topological polar surface area (TPSA) is 240 Å². The van der Waals surface area contributed by atoms with E-state index in [-0.39, 0.29) is 5.39 Å². The zero-order valence-corrected chi connectivity index (χ0v) is 18.9. The average molecular weight is 520 g/mol. The number of rotatable bonds is 5. The van der Waals surface area contributed by atoms with E-state index in [2.05, 4.69) is 10.2 Å². The number of primary sulfonamides is 1. The molecule has 0 bridgehead atoms. The van der Waals surface area contributed by atoms with E-state index in [1.807, 2.05) is 0 Å². The molecule has 0 spiro atoms. The van der Waals surface area contributed by atoms with E-state index in [4.69, 9.17) is 5.14 Å². The standard InChI is InChI=1S/C17H17N3O10S3/c1-8-4-9-6-14(33(28,29)30)16(17(22)15(9)13(5-8)32(25,26)27)20-19-11-7-10(31(18,23)24)2-3-12(11)21/h2-7,21-22,25-27H,1H3,(H2,18,23,24)(H,28,29,30). The van der Waals surface area contributed by atoms with Crippen LogP contribution in [0.4, 0.5) is 11.4 Å². The number of fused-ring (bicyclic) bond motifs is 1. The maximum absolute atomic E-state index is 11.9. The maximum Gasteiger partial charge on any atom is 0.296 e. The Kier molecular flexibility index (Phi) is 6.15. The van der Waals surface area contributed by atoms with Gasteiger partial charge in [0.15, 0.2) is 5.75 Å². The Morgan fingerprint density at radius 2 is 1.48 bits per heavy atom. The number of sulfonamides is 1. The molecule has 0 aliphatic heterocycles. The molecule has 16 heteroatoms. The highest BCUT2D eigenvalue weighted by Crippen LogP contribution is 2.53. The lowest BCUT2D eigenvalue weighted by Crippen LogP contribution is -2.11. The third-order valence-electron chi connectivity index (χ3n) is 4.36. The molecule has 0 aliphatic rings. The third-order valence-corrected chi connectivity index (χ3v) is 7.05. The lowest BCUT2D eigenvalue weighted by atomic mass is 10.1. The quantitative estimate of drug-likeness (QED) is 0.191. The normalized spacial score (nSPS) is 13.6. The van der Waals surface area contributed by atoms with Gasteiger partial charge in [0, 0.05) is 5.39 Å². The number of benzene rings is 3. The van der Waals surface area contributed by atoms with E-state index >= 15 is 0 Å². The molecule has 33 heavy (non-hydrogen) atoms. The zero-order chi connectivity index (χ0) is 24.9. The van der Waals surface area contributed by atoms with Crippen LogP contribution in [0.5, 0.6) is 11.5 Å². The van der Waals surface area contributed by atoms with Crippen LogP contribution in [0.15, 0.2) is 61.3 Å². The number of nitrogens with two attached hydrogens (primary N) is 1. The monoisotopic (exact) mass is 519 g/mol. The number of hydrogen-bond acceptors (Lipinski definition) is 11. The largest absolute Gasteiger partial charge is 0.506 e. The molecule has 0 amide bonds. The fraction of sp³-hybridized carbons (Fsp3) is 0.0588. The van der Waals surface area contributed by atoms with Crippen molar-refractivity contribution in [3.63, 3.8) is 0 Å². The van der Waals surface area contributed by atoms with Gasteiger partial charge in [-0.25, -0.2) is 13.6 Å². The van der Waals surface area contributed by atoms with E-state index in [1.165, 1.54) is 13.0 Å². The summed E-state index contributed by atoms with van der Waals surface area (Å²) in [6, 6.07) is 6.04. The van der Waals surface area contributed by atoms with E-state index in [1.54, 1.807) is 0 Å². The van der Waals surface area contributed by atoms with E-state index < -0.39 is 74.0 Å². The highest BCUT2D eigenvalue weighted by Gasteiger charge is 2.28. The molecule has 178 valence electrons. The van der Waals surface area contributed by atoms with Crippen molar-refractivity contribution in [2.75, 3.05) is 0 Å². The fourth-order valence-corrected chi connectivity index (χ4v) is 4.99. The van der Waals surface area contributed by atoms with Gasteiger partial charge in [-0.05, 0) is 48.2 Å². The van der Waals surface area contributed by atoms with Crippen LogP contribution < -0.4 is 5.14 Å². The molecular weight excluding hydrogens is 502 g/mol. The Morgan fingerprint density at radius 1 is 0.848 bits per heavy atom. The first-order valence-electron chi connectivity index (χ1n) is 8.56. The van der Waals surface area contributed by atoms with Crippen molar-refractivity contribution in [1.82, 2.24) is 0 Å². The van der Waals surface area contributed by atoms with Crippen LogP contribution in [-0.2, 0) is 20.1 Å². The molecule has 8 N–H and O–H groups in total. The number of nitrogens with zero attached hydrogens (tertiary/aromatic N) is 2. The molecule has 0 atom stereocenters. The Morgan fingerprint density at radius 3 is 2.03 bits per heavy atom. The number of phenols is 2. The van der Waals surface area contributed by atoms with Gasteiger partial charge in [0.2, 0.25) is 10.0 Å². The van der Waals surface area contributed by atoms with Crippen LogP contribution in [-0.4, -0.2) is 45.3 Å². The van der Waals surface area contributed by atoms with Crippen LogP contribution in [0.3, 0.4) is 0 Å². The lowest BCUT2D eigenvalue weighted by molar-refractivity contribution is 0.376. The van der Waals surface area contributed by atoms with Gasteiger partial charge in [-0.1, -0.05) is 6.07 Å². The second-order valence-corrected chi connectivity index (χ2v) is 11.3. The number of phenolic OH excluding ortho intramolecular Hbond substituents is 2. The van der Waals surface area contributed by atoms with Gasteiger partial charge in [0.25, 0.3) is 10.1 Å². The van der Waals surface area contributed by atoms with Gasteiger partial charge in [-0.3, -0.25) is 4.55 Å². The Balaban J connectivity index is 2.37. The van der Waals surface area contributed by atoms with Crippen molar-refractivity contribution < 1.29 is 45.3 Å². The van der Waals surface area contributed by atoms with Crippen molar-refractivity contribution in [2.45, 2.75) is 21.6 Å². The van der Waals surface area contributed by atoms with Gasteiger partial charge < -0.3 is 23.9 Å². The molecule has 0 heterocycles. The van der Waals surface area contributed by atoms with Gasteiger partial charge in [-0.2, -0.15) is 8.42 Å². The van der Waals surface area contributed by atoms with Crippen molar-refractivity contribution in [1.29, 1.82) is 0 Å². The summed E-state index contributed by atoms with van der Waals surface area (Å²) in [5.74, 6) is -1.59. The van der Waals surface area contributed by atoms with E-state index in [9.17, 15) is 45.3 Å². The molecule has 0 saturated heterocycles. The highest BCUT2D eigenvalue weighted by molar-refractivity contribution is 8.19. The molecule has 0 aromatic heterocycles. The molecule has 0 radical (unpaired) electrons. The summed E-state index contributed by atoms with van der Waals surface area (Å²) in [4.78, 5) is -1.95. The highest BCUT2D eigenvalue weighted by atomic mass is 32.3. The molecule has 0 fully saturated rings. The van der Waals surface area contributed by atoms with E-state index in [0.717, 1.165) is 30.3 Å². The lowest BCUT2D eigenvalue weighted by Gasteiger charge is -2.23. The average Bonchev–Trinajstić information content (AvgIpc) is 2.65. The SMILES string of the molecule is Cc1cc(S(O)(O)O)c2c(O)c(N=Nc3cc(S(N)(=O)=O)ccc3O)c(S(=O)(=O)O)cc2c1. The van der Waals surface area contributed by atoms with Crippen LogP contribution in [0.1, 0.15) is 5.56 Å². The summed E-state index contributed by atoms with van der Waals surface area (Å²) in [6.45, 7) is 1.49. The zero-order valence-electron chi connectivity index (χ0n) is 16.5. The summed E-state index contributed by atoms with van der Waals surface area (Å²) in [5, 5.41) is 32.2. The predicted octanol–water partition coefficient (Wildman–Crippen LogP) is 3.45. The smallest absolute Gasteiger partial charge is 0.296 e. The second-order valence-electron chi connectivity index (χ2n) is 6.82. The van der Waals surface area contributed by atoms with Crippen LogP contribution in [0.25, 0.3) is 10.8 Å². The van der Waals surface area contributed by atoms with Gasteiger partial charge >= 0.3 is 0 Å². The molecule has 13 nitrogen and oxygen atoms in total. The third kappa shape index (κ3) is 5.07. The molecule has 0 unspecified atom stereocenters. The van der Waals surface area contributed by atoms with Gasteiger partial charge in [-0.15, -0.1) is 10.2 Å². The summed E-state index contributed by atoms with van der Waals surface area (Å²) in [6.07, 6.45) is 0. The second kappa shape index (κ2) is 8.19. The first kappa shape index (κ1) is 24.8. The van der Waals surface area contributed by atoms with Crippen LogP contribution in [0, 0.1) is 6.92 Å². The van der Waals surface area contributed by atoms with Crippen molar-refractivity contribution in [3.8, 4) is 11.5 Å². The first-order chi connectivity index (χ1) is 15.0. The Bertz CT molecular complexity index is 1530. The number of azo groups is 1. The summed E-state index contributed by atoms with van der Waals surface area (Å²) in [7, 11) is -13.6. The predicted molar refractivity (Wildman–Crippen MR) is 118 cm³/mol. The Hall–Kier alpha value is -2.83. The van der Waals surface area contributed by atoms with Gasteiger partial charge in [0.05, 0.1) is 9.79 Å². The van der Waals surface area contributed by atoms with Crippen LogP contribution >= 0.6 is 10.9 Å². The van der Waals surface area contributed by atoms with Crippen molar-refractivity contribution in [2.24, 2.45) is 15.4 Å². The number of aryl methyl sites for hydroxylation is 1. The minimum absolute atomic E-state index is 0.0952. The van der Waals surface area contributed by atoms with Crippen molar-refractivity contribution >= 4 is 53.2 Å². The van der Waals surface area contributed by atoms with Crippen LogP contribution in [0.2, 0.25) is 0 Å². The minimum atomic E-state index is -5.03. The first-order valence-corrected chi connectivity index (χ1v) is 13.0. The Labute approximate surface area is 188 Å². The summed E-state index contributed by atoms with van der Waals surface area (Å²) in [5.41, 5.74) is -1.02. The minimum Gasteiger partial charge on any atom is -0.506 e. The van der Waals surface area contributed by atoms with Gasteiger partial charge in [0.1, 0.15) is 32.9 Å². The summed E-state index contributed by atoms with van der Waals surface area (Å²) < 4.78 is 85.8. The van der Waals surface area contributed by atoms with Crippen molar-refractivity contribution in [3.05, 3.63) is 42.0 Å². The molecule has 3 rings (SSSR count). The maximum atomic E-state index is 11.9. The fourth-order valence-electron chi connectivity index (χ4n) is 2.97. The molecule has 0 saturated carbocycles. The van der Waals surface area contributed by atoms with E-state index in [0.29, 0.717) is 5.56 Å². The molecular formula is C17H17N3O10S3.